The van der Waals surface area contributed by atoms with Crippen LogP contribution in [0.4, 0.5) is 0 Å². The molecule has 2 atom stereocenters. The third kappa shape index (κ3) is 0.895. The molecule has 11 heavy (non-hydrogen) atoms. The first-order valence-electron chi connectivity index (χ1n) is 3.66. The molecule has 60 valence electrons. The first kappa shape index (κ1) is 7.18. The zero-order chi connectivity index (χ0) is 8.06. The standard InChI is InChI=1S/C7H11N3S/c1-7(2)5(6(7)8)4-3-11-10-9-4/h3,5-6H,8H2,1-2H3/t5-,6-/m0/s1. The van der Waals surface area contributed by atoms with E-state index >= 15 is 0 Å². The van der Waals surface area contributed by atoms with E-state index in [1.54, 1.807) is 0 Å². The zero-order valence-corrected chi connectivity index (χ0v) is 7.43. The Kier molecular flexibility index (Phi) is 1.32. The number of nitrogens with zero attached hydrogens (tertiary/aromatic N) is 2. The van der Waals surface area contributed by atoms with Gasteiger partial charge in [0.05, 0.1) is 5.69 Å². The van der Waals surface area contributed by atoms with Crippen LogP contribution in [0, 0.1) is 5.41 Å². The molecule has 0 aliphatic heterocycles. The Balaban J connectivity index is 2.23. The van der Waals surface area contributed by atoms with Gasteiger partial charge in [-0.2, -0.15) is 0 Å². The van der Waals surface area contributed by atoms with E-state index in [0.717, 1.165) is 5.69 Å². The highest BCUT2D eigenvalue weighted by Crippen LogP contribution is 2.56. The van der Waals surface area contributed by atoms with Crippen LogP contribution in [0.5, 0.6) is 0 Å². The average molecular weight is 169 g/mol. The summed E-state index contributed by atoms with van der Waals surface area (Å²) < 4.78 is 3.82. The van der Waals surface area contributed by atoms with Crippen LogP contribution in [-0.2, 0) is 0 Å². The maximum absolute atomic E-state index is 5.87. The average Bonchev–Trinajstić information content (AvgIpc) is 2.40. The van der Waals surface area contributed by atoms with Gasteiger partial charge in [-0.15, -0.1) is 5.10 Å². The SMILES string of the molecule is CC1(C)[C@@H](N)[C@@H]1c1csnn1. The molecule has 0 radical (unpaired) electrons. The molecule has 1 saturated carbocycles. The number of hydrogen-bond acceptors (Lipinski definition) is 4. The van der Waals surface area contributed by atoms with Gasteiger partial charge in [0.2, 0.25) is 0 Å². The lowest BCUT2D eigenvalue weighted by atomic mass is 10.1. The zero-order valence-electron chi connectivity index (χ0n) is 6.61. The van der Waals surface area contributed by atoms with E-state index in [-0.39, 0.29) is 11.5 Å². The van der Waals surface area contributed by atoms with Crippen molar-refractivity contribution in [2.75, 3.05) is 0 Å². The van der Waals surface area contributed by atoms with Gasteiger partial charge in [0.25, 0.3) is 0 Å². The molecule has 1 aliphatic rings. The van der Waals surface area contributed by atoms with Crippen molar-refractivity contribution >= 4 is 11.5 Å². The Hall–Kier alpha value is -0.480. The van der Waals surface area contributed by atoms with Crippen molar-refractivity contribution in [2.24, 2.45) is 11.1 Å². The molecule has 1 aromatic rings. The molecule has 1 aliphatic carbocycles. The predicted octanol–water partition coefficient (Wildman–Crippen LogP) is 0.989. The molecule has 0 unspecified atom stereocenters. The van der Waals surface area contributed by atoms with Gasteiger partial charge in [0.1, 0.15) is 0 Å². The Morgan fingerprint density at radius 2 is 2.27 bits per heavy atom. The molecule has 1 fully saturated rings. The lowest BCUT2D eigenvalue weighted by molar-refractivity contribution is 0.595. The Bertz CT molecular complexity index is 255. The molecule has 0 spiro atoms. The number of rotatable bonds is 1. The summed E-state index contributed by atoms with van der Waals surface area (Å²) in [6, 6.07) is 0.270. The van der Waals surface area contributed by atoms with Crippen LogP contribution < -0.4 is 5.73 Å². The number of aromatic nitrogens is 2. The minimum atomic E-state index is 0.232. The van der Waals surface area contributed by atoms with Crippen molar-refractivity contribution in [3.63, 3.8) is 0 Å². The van der Waals surface area contributed by atoms with Crippen LogP contribution in [-0.4, -0.2) is 15.6 Å². The maximum Gasteiger partial charge on any atom is 0.0807 e. The molecule has 3 nitrogen and oxygen atoms in total. The van der Waals surface area contributed by atoms with Gasteiger partial charge in [-0.3, -0.25) is 0 Å². The minimum absolute atomic E-state index is 0.232. The summed E-state index contributed by atoms with van der Waals surface area (Å²) >= 11 is 1.39. The molecule has 0 amide bonds. The smallest absolute Gasteiger partial charge is 0.0807 e. The minimum Gasteiger partial charge on any atom is -0.327 e. The largest absolute Gasteiger partial charge is 0.327 e. The van der Waals surface area contributed by atoms with Gasteiger partial charge in [-0.05, 0) is 16.9 Å². The second-order valence-electron chi connectivity index (χ2n) is 3.65. The van der Waals surface area contributed by atoms with Gasteiger partial charge in [-0.25, -0.2) is 0 Å². The molecule has 4 heteroatoms. The monoisotopic (exact) mass is 169 g/mol. The molecule has 2 rings (SSSR count). The highest BCUT2D eigenvalue weighted by atomic mass is 32.1. The summed E-state index contributed by atoms with van der Waals surface area (Å²) in [5.41, 5.74) is 7.17. The van der Waals surface area contributed by atoms with Crippen molar-refractivity contribution < 1.29 is 0 Å². The summed E-state index contributed by atoms with van der Waals surface area (Å²) in [6.45, 7) is 4.34. The lowest BCUT2D eigenvalue weighted by Crippen LogP contribution is -2.06. The molecule has 0 bridgehead atoms. The Morgan fingerprint density at radius 3 is 2.64 bits per heavy atom. The van der Waals surface area contributed by atoms with E-state index in [0.29, 0.717) is 5.92 Å². The van der Waals surface area contributed by atoms with Crippen LogP contribution >= 0.6 is 11.5 Å². The first-order valence-corrected chi connectivity index (χ1v) is 4.50. The summed E-state index contributed by atoms with van der Waals surface area (Å²) in [5, 5.41) is 6.00. The van der Waals surface area contributed by atoms with E-state index in [1.807, 2.05) is 5.38 Å². The molecule has 1 aromatic heterocycles. The summed E-state index contributed by atoms with van der Waals surface area (Å²) in [4.78, 5) is 0. The fourth-order valence-corrected chi connectivity index (χ4v) is 2.04. The highest BCUT2D eigenvalue weighted by molar-refractivity contribution is 7.03. The predicted molar refractivity (Wildman–Crippen MR) is 44.4 cm³/mol. The van der Waals surface area contributed by atoms with Crippen LogP contribution in [0.15, 0.2) is 5.38 Å². The van der Waals surface area contributed by atoms with Crippen LogP contribution in [0.25, 0.3) is 0 Å². The van der Waals surface area contributed by atoms with Gasteiger partial charge in [0, 0.05) is 17.3 Å². The van der Waals surface area contributed by atoms with Crippen molar-refractivity contribution in [1.82, 2.24) is 9.59 Å². The van der Waals surface area contributed by atoms with E-state index in [2.05, 4.69) is 23.4 Å². The van der Waals surface area contributed by atoms with Crippen molar-refractivity contribution in [3.05, 3.63) is 11.1 Å². The second kappa shape index (κ2) is 2.01. The topological polar surface area (TPSA) is 51.8 Å². The fraction of sp³-hybridized carbons (Fsp3) is 0.714. The summed E-state index contributed by atoms with van der Waals surface area (Å²) in [5.74, 6) is 0.432. The van der Waals surface area contributed by atoms with E-state index in [1.165, 1.54) is 11.5 Å². The van der Waals surface area contributed by atoms with Gasteiger partial charge < -0.3 is 5.73 Å². The van der Waals surface area contributed by atoms with Gasteiger partial charge in [-0.1, -0.05) is 18.3 Å². The lowest BCUT2D eigenvalue weighted by Gasteiger charge is -1.96. The number of hydrogen-bond donors (Lipinski definition) is 1. The third-order valence-electron chi connectivity index (χ3n) is 2.61. The highest BCUT2D eigenvalue weighted by Gasteiger charge is 2.57. The molecular formula is C7H11N3S. The quantitative estimate of drug-likeness (QED) is 0.682. The normalized spacial score (nSPS) is 33.7. The van der Waals surface area contributed by atoms with Crippen LogP contribution in [0.1, 0.15) is 25.5 Å². The molecular weight excluding hydrogens is 158 g/mol. The second-order valence-corrected chi connectivity index (χ2v) is 4.26. The first-order chi connectivity index (χ1) is 5.14. The van der Waals surface area contributed by atoms with E-state index in [9.17, 15) is 0 Å². The van der Waals surface area contributed by atoms with Crippen molar-refractivity contribution in [1.29, 1.82) is 0 Å². The molecule has 0 aromatic carbocycles. The Labute approximate surface area is 69.8 Å². The molecule has 0 saturated heterocycles. The van der Waals surface area contributed by atoms with Gasteiger partial charge >= 0.3 is 0 Å². The third-order valence-corrected chi connectivity index (χ3v) is 3.13. The molecule has 1 heterocycles. The fourth-order valence-electron chi connectivity index (χ4n) is 1.55. The van der Waals surface area contributed by atoms with E-state index < -0.39 is 0 Å². The summed E-state index contributed by atoms with van der Waals surface area (Å²) in [7, 11) is 0. The Morgan fingerprint density at radius 1 is 1.64 bits per heavy atom. The van der Waals surface area contributed by atoms with Crippen molar-refractivity contribution in [3.8, 4) is 0 Å². The van der Waals surface area contributed by atoms with Gasteiger partial charge in [0.15, 0.2) is 0 Å². The molecule has 2 N–H and O–H groups in total. The van der Waals surface area contributed by atoms with Crippen LogP contribution in [0.2, 0.25) is 0 Å². The van der Waals surface area contributed by atoms with E-state index in [4.69, 9.17) is 5.73 Å². The number of nitrogens with two attached hydrogens (primary N) is 1. The maximum atomic E-state index is 5.87. The van der Waals surface area contributed by atoms with Crippen LogP contribution in [0.3, 0.4) is 0 Å². The summed E-state index contributed by atoms with van der Waals surface area (Å²) in [6.07, 6.45) is 0. The van der Waals surface area contributed by atoms with Crippen molar-refractivity contribution in [2.45, 2.75) is 25.8 Å².